The third kappa shape index (κ3) is 20.6. The van der Waals surface area contributed by atoms with Crippen LogP contribution in [-0.4, -0.2) is 82.1 Å². The first-order valence-electron chi connectivity index (χ1n) is 13.8. The van der Waals surface area contributed by atoms with Crippen LogP contribution in [0.15, 0.2) is 0 Å². The average Bonchev–Trinajstić information content (AvgIpc) is 2.88. The molecule has 0 spiro atoms. The Labute approximate surface area is 219 Å². The molecule has 8 nitrogen and oxygen atoms in total. The molecular formula is C26H62N4O4Si. The second-order valence-electron chi connectivity index (χ2n) is 9.54. The summed E-state index contributed by atoms with van der Waals surface area (Å²) < 4.78 is 22.0. The van der Waals surface area contributed by atoms with Crippen molar-refractivity contribution in [2.45, 2.75) is 96.4 Å². The van der Waals surface area contributed by atoms with E-state index >= 15 is 0 Å². The summed E-state index contributed by atoms with van der Waals surface area (Å²) in [6, 6.07) is 1.03. The standard InChI is InChI=1S/C18H40N2O2.C8H22N2O2Si/c1-5-6-7-8-9-10-12-17(18(2,21-3)22-4)13-11-15-20-16-14-19;1-11-13(3,12-2)8-4-6-10-7-5-9/h17,20H,5-16,19H2,1-4H3;10H,4-9H2,1-3H3. The van der Waals surface area contributed by atoms with Crippen molar-refractivity contribution in [3.8, 4) is 0 Å². The summed E-state index contributed by atoms with van der Waals surface area (Å²) in [6.45, 7) is 11.6. The number of hydrogen-bond acceptors (Lipinski definition) is 8. The average molecular weight is 523 g/mol. The minimum atomic E-state index is -1.83. The van der Waals surface area contributed by atoms with Gasteiger partial charge in [-0.05, 0) is 58.3 Å². The topological polar surface area (TPSA) is 113 Å². The Hall–Kier alpha value is -0.103. The number of rotatable bonds is 24. The van der Waals surface area contributed by atoms with Gasteiger partial charge in [-0.1, -0.05) is 45.4 Å². The molecule has 35 heavy (non-hydrogen) atoms. The molecule has 0 aromatic rings. The lowest BCUT2D eigenvalue weighted by Gasteiger charge is -2.35. The Morgan fingerprint density at radius 3 is 1.69 bits per heavy atom. The van der Waals surface area contributed by atoms with Gasteiger partial charge < -0.3 is 40.4 Å². The Morgan fingerprint density at radius 1 is 0.714 bits per heavy atom. The summed E-state index contributed by atoms with van der Waals surface area (Å²) >= 11 is 0. The highest BCUT2D eigenvalue weighted by Gasteiger charge is 2.33. The van der Waals surface area contributed by atoms with Gasteiger partial charge in [-0.15, -0.1) is 0 Å². The molecule has 0 aromatic carbocycles. The lowest BCUT2D eigenvalue weighted by atomic mass is 9.88. The summed E-state index contributed by atoms with van der Waals surface area (Å²) in [5.74, 6) is -0.00885. The van der Waals surface area contributed by atoms with Gasteiger partial charge in [0.05, 0.1) is 0 Å². The van der Waals surface area contributed by atoms with Crippen molar-refractivity contribution in [2.75, 3.05) is 67.7 Å². The molecule has 0 bridgehead atoms. The van der Waals surface area contributed by atoms with Crippen LogP contribution >= 0.6 is 0 Å². The SMILES string of the molecule is CCCCCCCCC(CCCNCCN)C(C)(OC)OC.CO[Si](C)(CCCNCCN)OC. The number of nitrogens with one attached hydrogen (secondary N) is 2. The van der Waals surface area contributed by atoms with Crippen molar-refractivity contribution in [3.63, 3.8) is 0 Å². The summed E-state index contributed by atoms with van der Waals surface area (Å²) in [4.78, 5) is 0. The zero-order valence-corrected chi connectivity index (χ0v) is 25.4. The van der Waals surface area contributed by atoms with Crippen LogP contribution in [0.3, 0.4) is 0 Å². The van der Waals surface area contributed by atoms with Crippen molar-refractivity contribution in [1.82, 2.24) is 10.6 Å². The van der Waals surface area contributed by atoms with Crippen LogP contribution in [0, 0.1) is 5.92 Å². The molecule has 0 aromatic heterocycles. The van der Waals surface area contributed by atoms with Gasteiger partial charge in [-0.3, -0.25) is 0 Å². The van der Waals surface area contributed by atoms with E-state index in [1.54, 1.807) is 28.4 Å². The van der Waals surface area contributed by atoms with Gasteiger partial charge in [0.15, 0.2) is 5.79 Å². The molecule has 0 saturated carbocycles. The quantitative estimate of drug-likeness (QED) is 0.0855. The third-order valence-corrected chi connectivity index (χ3v) is 9.84. The Balaban J connectivity index is 0. The van der Waals surface area contributed by atoms with E-state index in [-0.39, 0.29) is 0 Å². The number of nitrogens with two attached hydrogens (primary N) is 2. The second kappa shape index (κ2) is 25.5. The largest absolute Gasteiger partial charge is 0.398 e. The molecule has 214 valence electrons. The van der Waals surface area contributed by atoms with Crippen LogP contribution in [0.25, 0.3) is 0 Å². The highest BCUT2D eigenvalue weighted by Crippen LogP contribution is 2.31. The highest BCUT2D eigenvalue weighted by molar-refractivity contribution is 6.65. The number of methoxy groups -OCH3 is 2. The van der Waals surface area contributed by atoms with E-state index in [2.05, 4.69) is 31.0 Å². The van der Waals surface area contributed by atoms with Crippen LogP contribution in [0.2, 0.25) is 12.6 Å². The Bertz CT molecular complexity index is 428. The molecule has 1 unspecified atom stereocenters. The van der Waals surface area contributed by atoms with Gasteiger partial charge >= 0.3 is 8.56 Å². The van der Waals surface area contributed by atoms with E-state index in [9.17, 15) is 0 Å². The second-order valence-corrected chi connectivity index (χ2v) is 13.1. The summed E-state index contributed by atoms with van der Waals surface area (Å²) in [5.41, 5.74) is 10.8. The number of hydrogen-bond donors (Lipinski definition) is 4. The number of unbranched alkanes of at least 4 members (excludes halogenated alkanes) is 5. The number of ether oxygens (including phenoxy) is 2. The van der Waals surface area contributed by atoms with Crippen molar-refractivity contribution < 1.29 is 18.3 Å². The predicted molar refractivity (Wildman–Crippen MR) is 152 cm³/mol. The molecule has 0 heterocycles. The first kappa shape index (κ1) is 37.1. The molecule has 0 aliphatic carbocycles. The van der Waals surface area contributed by atoms with Gasteiger partial charge in [0, 0.05) is 60.5 Å². The Kier molecular flexibility index (Phi) is 27.0. The summed E-state index contributed by atoms with van der Waals surface area (Å²) in [6.07, 6.45) is 12.5. The van der Waals surface area contributed by atoms with E-state index in [0.29, 0.717) is 19.0 Å². The minimum Gasteiger partial charge on any atom is -0.398 e. The summed E-state index contributed by atoms with van der Waals surface area (Å²) in [7, 11) is 5.13. The molecule has 0 saturated heterocycles. The van der Waals surface area contributed by atoms with Crippen LogP contribution in [0.5, 0.6) is 0 Å². The third-order valence-electron chi connectivity index (χ3n) is 6.85. The summed E-state index contributed by atoms with van der Waals surface area (Å²) in [5, 5.41) is 6.60. The van der Waals surface area contributed by atoms with Crippen LogP contribution in [-0.2, 0) is 18.3 Å². The fourth-order valence-corrected chi connectivity index (χ4v) is 5.40. The molecule has 0 radical (unpaired) electrons. The lowest BCUT2D eigenvalue weighted by Crippen LogP contribution is -2.39. The first-order chi connectivity index (χ1) is 16.8. The highest BCUT2D eigenvalue weighted by atomic mass is 28.4. The van der Waals surface area contributed by atoms with Crippen LogP contribution in [0.1, 0.15) is 78.1 Å². The molecule has 0 aliphatic heterocycles. The van der Waals surface area contributed by atoms with E-state index in [4.69, 9.17) is 29.8 Å². The molecule has 0 rings (SSSR count). The fraction of sp³-hybridized carbons (Fsp3) is 1.00. The normalized spacial score (nSPS) is 12.9. The van der Waals surface area contributed by atoms with Gasteiger partial charge in [0.25, 0.3) is 0 Å². The Morgan fingerprint density at radius 2 is 1.20 bits per heavy atom. The van der Waals surface area contributed by atoms with Crippen molar-refractivity contribution in [1.29, 1.82) is 0 Å². The van der Waals surface area contributed by atoms with E-state index in [0.717, 1.165) is 51.5 Å². The molecule has 0 fully saturated rings. The zero-order chi connectivity index (χ0) is 26.8. The van der Waals surface area contributed by atoms with Crippen molar-refractivity contribution in [2.24, 2.45) is 17.4 Å². The maximum Gasteiger partial charge on any atom is 0.334 e. The first-order valence-corrected chi connectivity index (χ1v) is 16.4. The van der Waals surface area contributed by atoms with Gasteiger partial charge in [-0.2, -0.15) is 0 Å². The lowest BCUT2D eigenvalue weighted by molar-refractivity contribution is -0.230. The fourth-order valence-electron chi connectivity index (χ4n) is 4.01. The van der Waals surface area contributed by atoms with Crippen LogP contribution < -0.4 is 22.1 Å². The van der Waals surface area contributed by atoms with Crippen molar-refractivity contribution in [3.05, 3.63) is 0 Å². The zero-order valence-electron chi connectivity index (χ0n) is 24.4. The molecule has 1 atom stereocenters. The molecular weight excluding hydrogens is 460 g/mol. The maximum atomic E-state index is 5.66. The van der Waals surface area contributed by atoms with Gasteiger partial charge in [0.1, 0.15) is 0 Å². The molecule has 6 N–H and O–H groups in total. The van der Waals surface area contributed by atoms with E-state index in [1.807, 2.05) is 0 Å². The minimum absolute atomic E-state index is 0.452. The van der Waals surface area contributed by atoms with E-state index in [1.165, 1.54) is 44.9 Å². The molecule has 9 heteroatoms. The van der Waals surface area contributed by atoms with Crippen molar-refractivity contribution >= 4 is 8.56 Å². The predicted octanol–water partition coefficient (Wildman–Crippen LogP) is 3.98. The van der Waals surface area contributed by atoms with E-state index < -0.39 is 14.3 Å². The monoisotopic (exact) mass is 522 g/mol. The molecule has 0 aliphatic rings. The molecule has 0 amide bonds. The van der Waals surface area contributed by atoms with Gasteiger partial charge in [-0.25, -0.2) is 0 Å². The maximum absolute atomic E-state index is 5.66. The van der Waals surface area contributed by atoms with Crippen LogP contribution in [0.4, 0.5) is 0 Å². The van der Waals surface area contributed by atoms with Gasteiger partial charge in [0.2, 0.25) is 0 Å². The smallest absolute Gasteiger partial charge is 0.334 e.